The van der Waals surface area contributed by atoms with Crippen LogP contribution in [0.3, 0.4) is 0 Å². The number of carboxylic acids is 1. The second-order valence-corrected chi connectivity index (χ2v) is 4.84. The molecule has 0 bridgehead atoms. The lowest BCUT2D eigenvalue weighted by Gasteiger charge is -2.07. The molecule has 0 fully saturated rings. The summed E-state index contributed by atoms with van der Waals surface area (Å²) < 4.78 is 26.4. The predicted molar refractivity (Wildman–Crippen MR) is 60.0 cm³/mol. The lowest BCUT2D eigenvalue weighted by Crippen LogP contribution is -2.26. The summed E-state index contributed by atoms with van der Waals surface area (Å²) in [5.74, 6) is -1.17. The maximum absolute atomic E-state index is 11.1. The Morgan fingerprint density at radius 2 is 2.06 bits per heavy atom. The van der Waals surface area contributed by atoms with Gasteiger partial charge in [-0.2, -0.15) is 8.42 Å². The zero-order valence-electron chi connectivity index (χ0n) is 8.19. The third kappa shape index (κ3) is 3.09. The highest BCUT2D eigenvalue weighted by Gasteiger charge is 2.11. The van der Waals surface area contributed by atoms with Crippen molar-refractivity contribution in [1.82, 2.24) is 4.72 Å². The highest BCUT2D eigenvalue weighted by molar-refractivity contribution is 7.90. The molecule has 0 atom stereocenters. The van der Waals surface area contributed by atoms with Crippen LogP contribution in [-0.2, 0) is 10.2 Å². The zero-order chi connectivity index (χ0) is 12.3. The average molecular weight is 265 g/mol. The molecule has 0 saturated carbocycles. The number of halogens is 1. The van der Waals surface area contributed by atoms with E-state index in [0.29, 0.717) is 0 Å². The number of carboxylic acid groups (broad SMARTS) is 1. The molecule has 1 rings (SSSR count). The van der Waals surface area contributed by atoms with Gasteiger partial charge in [-0.25, -0.2) is 9.52 Å². The molecule has 8 heteroatoms. The average Bonchev–Trinajstić information content (AvgIpc) is 2.16. The Hall–Kier alpha value is -1.31. The molecule has 0 saturated heterocycles. The van der Waals surface area contributed by atoms with Gasteiger partial charge in [0.2, 0.25) is 0 Å². The van der Waals surface area contributed by atoms with Crippen LogP contribution in [0.25, 0.3) is 0 Å². The first-order chi connectivity index (χ1) is 7.35. The van der Waals surface area contributed by atoms with Crippen molar-refractivity contribution in [3.05, 3.63) is 28.8 Å². The Kier molecular flexibility index (Phi) is 3.74. The van der Waals surface area contributed by atoms with Crippen molar-refractivity contribution in [3.8, 4) is 0 Å². The van der Waals surface area contributed by atoms with Gasteiger partial charge in [-0.05, 0) is 18.2 Å². The van der Waals surface area contributed by atoms with Gasteiger partial charge in [-0.3, -0.25) is 4.72 Å². The standard InChI is InChI=1S/C8H9ClN2O4S/c1-10-16(14,15)11-5-2-3-6(8(12)13)7(9)4-5/h2-4,10-11H,1H3,(H,12,13). The van der Waals surface area contributed by atoms with Crippen LogP contribution in [0.5, 0.6) is 0 Å². The van der Waals surface area contributed by atoms with Gasteiger partial charge in [0.05, 0.1) is 16.3 Å². The molecular formula is C8H9ClN2O4S. The van der Waals surface area contributed by atoms with Gasteiger partial charge in [0.25, 0.3) is 10.2 Å². The fourth-order valence-corrected chi connectivity index (χ4v) is 1.76. The molecule has 6 nitrogen and oxygen atoms in total. The number of hydrogen-bond acceptors (Lipinski definition) is 3. The van der Waals surface area contributed by atoms with E-state index in [4.69, 9.17) is 16.7 Å². The van der Waals surface area contributed by atoms with Crippen LogP contribution in [0.15, 0.2) is 18.2 Å². The Balaban J connectivity index is 3.03. The number of benzene rings is 1. The number of aromatic carboxylic acids is 1. The summed E-state index contributed by atoms with van der Waals surface area (Å²) in [5, 5.41) is 8.66. The van der Waals surface area contributed by atoms with Gasteiger partial charge in [-0.1, -0.05) is 11.6 Å². The zero-order valence-corrected chi connectivity index (χ0v) is 9.76. The van der Waals surface area contributed by atoms with E-state index >= 15 is 0 Å². The molecule has 3 N–H and O–H groups in total. The van der Waals surface area contributed by atoms with Gasteiger partial charge in [0, 0.05) is 7.05 Å². The van der Waals surface area contributed by atoms with Gasteiger partial charge >= 0.3 is 5.97 Å². The van der Waals surface area contributed by atoms with Crippen LogP contribution in [0, 0.1) is 0 Å². The first-order valence-corrected chi connectivity index (χ1v) is 5.96. The number of rotatable bonds is 4. The molecule has 0 aliphatic rings. The van der Waals surface area contributed by atoms with Crippen LogP contribution in [0.4, 0.5) is 5.69 Å². The largest absolute Gasteiger partial charge is 0.478 e. The smallest absolute Gasteiger partial charge is 0.337 e. The van der Waals surface area contributed by atoms with E-state index in [2.05, 4.69) is 4.72 Å². The predicted octanol–water partition coefficient (Wildman–Crippen LogP) is 0.914. The number of nitrogens with one attached hydrogen (secondary N) is 2. The van der Waals surface area contributed by atoms with E-state index in [1.165, 1.54) is 25.2 Å². The van der Waals surface area contributed by atoms with Crippen LogP contribution in [-0.4, -0.2) is 26.5 Å². The second-order valence-electron chi connectivity index (χ2n) is 2.81. The minimum absolute atomic E-state index is 0.0381. The first-order valence-electron chi connectivity index (χ1n) is 4.10. The summed E-state index contributed by atoms with van der Waals surface area (Å²) in [4.78, 5) is 10.6. The molecule has 0 aliphatic heterocycles. The molecule has 0 heterocycles. The normalized spacial score (nSPS) is 11.1. The van der Waals surface area contributed by atoms with Gasteiger partial charge in [0.1, 0.15) is 0 Å². The maximum Gasteiger partial charge on any atom is 0.337 e. The van der Waals surface area contributed by atoms with Gasteiger partial charge in [0.15, 0.2) is 0 Å². The van der Waals surface area contributed by atoms with E-state index in [0.717, 1.165) is 0 Å². The lowest BCUT2D eigenvalue weighted by atomic mass is 10.2. The molecule has 16 heavy (non-hydrogen) atoms. The third-order valence-corrected chi connectivity index (χ3v) is 3.08. The Labute approximate surface area is 97.4 Å². The fraction of sp³-hybridized carbons (Fsp3) is 0.125. The molecule has 1 aromatic carbocycles. The van der Waals surface area contributed by atoms with Crippen LogP contribution in [0.2, 0.25) is 5.02 Å². The van der Waals surface area contributed by atoms with Crippen molar-refractivity contribution in [2.45, 2.75) is 0 Å². The summed E-state index contributed by atoms with van der Waals surface area (Å²) >= 11 is 5.66. The van der Waals surface area contributed by atoms with Gasteiger partial charge in [-0.15, -0.1) is 0 Å². The van der Waals surface area contributed by atoms with E-state index in [-0.39, 0.29) is 16.3 Å². The van der Waals surface area contributed by atoms with Crippen LogP contribution in [0.1, 0.15) is 10.4 Å². The van der Waals surface area contributed by atoms with Crippen molar-refractivity contribution in [2.75, 3.05) is 11.8 Å². The molecule has 0 amide bonds. The molecule has 0 spiro atoms. The summed E-state index contributed by atoms with van der Waals surface area (Å²) in [5.41, 5.74) is 0.0958. The topological polar surface area (TPSA) is 95.5 Å². The highest BCUT2D eigenvalue weighted by Crippen LogP contribution is 2.21. The SMILES string of the molecule is CNS(=O)(=O)Nc1ccc(C(=O)O)c(Cl)c1. The van der Waals surface area contributed by atoms with E-state index < -0.39 is 16.2 Å². The lowest BCUT2D eigenvalue weighted by molar-refractivity contribution is 0.0697. The maximum atomic E-state index is 11.1. The summed E-state index contributed by atoms with van der Waals surface area (Å²) in [6, 6.07) is 3.75. The Morgan fingerprint density at radius 1 is 1.44 bits per heavy atom. The molecule has 0 radical (unpaired) electrons. The minimum Gasteiger partial charge on any atom is -0.478 e. The first kappa shape index (κ1) is 12.8. The summed E-state index contributed by atoms with van der Waals surface area (Å²) in [6.07, 6.45) is 0. The number of hydrogen-bond donors (Lipinski definition) is 3. The number of anilines is 1. The van der Waals surface area contributed by atoms with E-state index in [1.807, 2.05) is 4.72 Å². The molecule has 0 aliphatic carbocycles. The Morgan fingerprint density at radius 3 is 2.50 bits per heavy atom. The molecule has 0 unspecified atom stereocenters. The molecular weight excluding hydrogens is 256 g/mol. The molecule has 1 aromatic rings. The second kappa shape index (κ2) is 4.69. The highest BCUT2D eigenvalue weighted by atomic mass is 35.5. The van der Waals surface area contributed by atoms with Gasteiger partial charge < -0.3 is 5.11 Å². The van der Waals surface area contributed by atoms with Crippen LogP contribution >= 0.6 is 11.6 Å². The summed E-state index contributed by atoms with van der Waals surface area (Å²) in [6.45, 7) is 0. The monoisotopic (exact) mass is 264 g/mol. The third-order valence-electron chi connectivity index (χ3n) is 1.72. The quantitative estimate of drug-likeness (QED) is 0.753. The molecule has 0 aromatic heterocycles. The summed E-state index contributed by atoms with van der Waals surface area (Å²) in [7, 11) is -2.38. The van der Waals surface area contributed by atoms with Crippen molar-refractivity contribution in [3.63, 3.8) is 0 Å². The van der Waals surface area contributed by atoms with Crippen molar-refractivity contribution in [1.29, 1.82) is 0 Å². The minimum atomic E-state index is -3.63. The fourth-order valence-electron chi connectivity index (χ4n) is 0.958. The number of carbonyl (C=O) groups is 1. The van der Waals surface area contributed by atoms with Crippen molar-refractivity contribution >= 4 is 33.5 Å². The van der Waals surface area contributed by atoms with E-state index in [9.17, 15) is 13.2 Å². The van der Waals surface area contributed by atoms with Crippen molar-refractivity contribution in [2.24, 2.45) is 0 Å². The Bertz CT molecular complexity index is 515. The van der Waals surface area contributed by atoms with E-state index in [1.54, 1.807) is 0 Å². The van der Waals surface area contributed by atoms with Crippen LogP contribution < -0.4 is 9.44 Å². The molecule has 88 valence electrons. The van der Waals surface area contributed by atoms with Crippen molar-refractivity contribution < 1.29 is 18.3 Å².